The fourth-order valence-corrected chi connectivity index (χ4v) is 1.59. The summed E-state index contributed by atoms with van der Waals surface area (Å²) in [6, 6.07) is 0. The molecule has 0 aromatic rings. The molecule has 94 valence electrons. The largest absolute Gasteiger partial charge is 0.462 e. The molecule has 6 heteroatoms. The van der Waals surface area contributed by atoms with Crippen LogP contribution in [0.4, 0.5) is 0 Å². The lowest BCUT2D eigenvalue weighted by atomic mass is 10.2. The van der Waals surface area contributed by atoms with E-state index in [0.29, 0.717) is 37.7 Å². The molecule has 1 fully saturated rings. The van der Waals surface area contributed by atoms with Gasteiger partial charge >= 0.3 is 5.97 Å². The van der Waals surface area contributed by atoms with Crippen LogP contribution < -0.4 is 0 Å². The Balaban J connectivity index is 1.94. The minimum absolute atomic E-state index is 0.196. The van der Waals surface area contributed by atoms with Crippen LogP contribution in [0.2, 0.25) is 0 Å². The average molecular weight is 239 g/mol. The molecule has 0 bridgehead atoms. The summed E-state index contributed by atoms with van der Waals surface area (Å²) in [6.45, 7) is 5.78. The van der Waals surface area contributed by atoms with Crippen molar-refractivity contribution in [3.63, 3.8) is 0 Å². The van der Waals surface area contributed by atoms with Crippen molar-refractivity contribution in [2.45, 2.75) is 26.5 Å². The smallest absolute Gasteiger partial charge is 0.335 e. The lowest BCUT2D eigenvalue weighted by Gasteiger charge is -2.19. The van der Waals surface area contributed by atoms with Crippen molar-refractivity contribution < 1.29 is 14.3 Å². The van der Waals surface area contributed by atoms with Gasteiger partial charge < -0.3 is 9.47 Å². The second-order valence-electron chi connectivity index (χ2n) is 4.52. The van der Waals surface area contributed by atoms with E-state index >= 15 is 0 Å². The number of carbonyl (C=O) groups is 1. The summed E-state index contributed by atoms with van der Waals surface area (Å²) in [6.07, 6.45) is 2.11. The van der Waals surface area contributed by atoms with Gasteiger partial charge in [-0.05, 0) is 5.92 Å². The Hall–Kier alpha value is -1.43. The second kappa shape index (κ2) is 5.27. The third-order valence-corrected chi connectivity index (χ3v) is 2.48. The molecule has 2 heterocycles. The Kier molecular flexibility index (Phi) is 3.73. The molecular weight excluding hydrogens is 222 g/mol. The quantitative estimate of drug-likeness (QED) is 0.551. The van der Waals surface area contributed by atoms with Crippen molar-refractivity contribution in [1.82, 2.24) is 5.01 Å². The van der Waals surface area contributed by atoms with E-state index in [1.165, 1.54) is 0 Å². The van der Waals surface area contributed by atoms with Crippen molar-refractivity contribution in [2.75, 3.05) is 19.8 Å². The number of carbonyl (C=O) groups excluding carboxylic acids is 1. The van der Waals surface area contributed by atoms with Gasteiger partial charge in [0.1, 0.15) is 6.54 Å². The number of hydrogen-bond acceptors (Lipinski definition) is 6. The molecule has 17 heavy (non-hydrogen) atoms. The van der Waals surface area contributed by atoms with Crippen LogP contribution in [0, 0.1) is 5.92 Å². The van der Waals surface area contributed by atoms with E-state index in [4.69, 9.17) is 9.47 Å². The molecule has 0 aromatic heterocycles. The first kappa shape index (κ1) is 12.0. The van der Waals surface area contributed by atoms with Crippen LogP contribution in [0.5, 0.6) is 0 Å². The summed E-state index contributed by atoms with van der Waals surface area (Å²) in [5.74, 6) is 0.191. The van der Waals surface area contributed by atoms with Gasteiger partial charge in [0.05, 0.1) is 18.8 Å². The van der Waals surface area contributed by atoms with Gasteiger partial charge in [-0.3, -0.25) is 0 Å². The SMILES string of the molecule is CC(C)COC1CN=NN1/C=C1/CCOC1=O. The molecule has 6 nitrogen and oxygen atoms in total. The number of cyclic esters (lactones) is 1. The maximum absolute atomic E-state index is 11.3. The monoisotopic (exact) mass is 239 g/mol. The normalized spacial score (nSPS) is 26.3. The van der Waals surface area contributed by atoms with E-state index in [1.807, 2.05) is 0 Å². The molecule has 2 aliphatic rings. The summed E-state index contributed by atoms with van der Waals surface area (Å²) in [5.41, 5.74) is 0.629. The molecule has 0 aliphatic carbocycles. The van der Waals surface area contributed by atoms with Crippen LogP contribution >= 0.6 is 0 Å². The Morgan fingerprint density at radius 3 is 3.12 bits per heavy atom. The molecule has 1 saturated heterocycles. The third kappa shape index (κ3) is 3.03. The molecule has 0 amide bonds. The second-order valence-corrected chi connectivity index (χ2v) is 4.52. The number of nitrogens with zero attached hydrogens (tertiary/aromatic N) is 3. The topological polar surface area (TPSA) is 63.5 Å². The van der Waals surface area contributed by atoms with Gasteiger partial charge in [0.2, 0.25) is 0 Å². The van der Waals surface area contributed by atoms with Crippen molar-refractivity contribution in [3.8, 4) is 0 Å². The molecule has 0 spiro atoms. The number of ether oxygens (including phenoxy) is 2. The summed E-state index contributed by atoms with van der Waals surface area (Å²) in [5, 5.41) is 9.46. The summed E-state index contributed by atoms with van der Waals surface area (Å²) >= 11 is 0. The number of hydrogen-bond donors (Lipinski definition) is 0. The lowest BCUT2D eigenvalue weighted by molar-refractivity contribution is -0.135. The molecule has 1 unspecified atom stereocenters. The molecule has 2 aliphatic heterocycles. The Morgan fingerprint density at radius 1 is 1.65 bits per heavy atom. The van der Waals surface area contributed by atoms with E-state index < -0.39 is 0 Å². The van der Waals surface area contributed by atoms with Crippen molar-refractivity contribution in [3.05, 3.63) is 11.8 Å². The minimum Gasteiger partial charge on any atom is -0.462 e. The summed E-state index contributed by atoms with van der Waals surface area (Å²) in [4.78, 5) is 11.3. The predicted octanol–water partition coefficient (Wildman–Crippen LogP) is 1.50. The first-order chi connectivity index (χ1) is 8.16. The van der Waals surface area contributed by atoms with Crippen LogP contribution in [-0.2, 0) is 14.3 Å². The molecule has 0 radical (unpaired) electrons. The molecule has 0 saturated carbocycles. The number of rotatable bonds is 4. The highest BCUT2D eigenvalue weighted by molar-refractivity contribution is 5.90. The molecule has 0 aromatic carbocycles. The fraction of sp³-hybridized carbons (Fsp3) is 0.727. The fourth-order valence-electron chi connectivity index (χ4n) is 1.59. The van der Waals surface area contributed by atoms with Gasteiger partial charge in [0.25, 0.3) is 0 Å². The van der Waals surface area contributed by atoms with Crippen molar-refractivity contribution >= 4 is 5.97 Å². The van der Waals surface area contributed by atoms with Crippen LogP contribution in [0.25, 0.3) is 0 Å². The van der Waals surface area contributed by atoms with E-state index in [2.05, 4.69) is 24.2 Å². The van der Waals surface area contributed by atoms with Gasteiger partial charge in [-0.1, -0.05) is 19.1 Å². The Morgan fingerprint density at radius 2 is 2.47 bits per heavy atom. The highest BCUT2D eigenvalue weighted by Gasteiger charge is 2.26. The van der Waals surface area contributed by atoms with Crippen LogP contribution in [0.3, 0.4) is 0 Å². The van der Waals surface area contributed by atoms with Crippen LogP contribution in [0.15, 0.2) is 22.1 Å². The first-order valence-corrected chi connectivity index (χ1v) is 5.82. The number of esters is 1. The predicted molar refractivity (Wildman–Crippen MR) is 59.8 cm³/mol. The van der Waals surface area contributed by atoms with Gasteiger partial charge in [-0.15, -0.1) is 0 Å². The maximum atomic E-state index is 11.3. The van der Waals surface area contributed by atoms with Crippen LogP contribution in [-0.4, -0.2) is 37.0 Å². The van der Waals surface area contributed by atoms with E-state index in [9.17, 15) is 4.79 Å². The zero-order chi connectivity index (χ0) is 12.3. The molecule has 2 rings (SSSR count). The average Bonchev–Trinajstić information content (AvgIpc) is 2.87. The third-order valence-electron chi connectivity index (χ3n) is 2.48. The van der Waals surface area contributed by atoms with Crippen molar-refractivity contribution in [2.24, 2.45) is 16.3 Å². The molecule has 0 N–H and O–H groups in total. The highest BCUT2D eigenvalue weighted by atomic mass is 16.5. The highest BCUT2D eigenvalue weighted by Crippen LogP contribution is 2.19. The first-order valence-electron chi connectivity index (χ1n) is 5.82. The van der Waals surface area contributed by atoms with Crippen LogP contribution in [0.1, 0.15) is 20.3 Å². The van der Waals surface area contributed by atoms with E-state index in [0.717, 1.165) is 0 Å². The molecule has 1 atom stereocenters. The van der Waals surface area contributed by atoms with E-state index in [1.54, 1.807) is 11.2 Å². The zero-order valence-electron chi connectivity index (χ0n) is 10.1. The molecular formula is C11H17N3O3. The Labute approximate surface area is 100 Å². The summed E-state index contributed by atoms with van der Waals surface area (Å²) in [7, 11) is 0. The van der Waals surface area contributed by atoms with Gasteiger partial charge in [-0.2, -0.15) is 5.11 Å². The summed E-state index contributed by atoms with van der Waals surface area (Å²) < 4.78 is 10.5. The lowest BCUT2D eigenvalue weighted by Crippen LogP contribution is -2.29. The van der Waals surface area contributed by atoms with Crippen molar-refractivity contribution in [1.29, 1.82) is 0 Å². The minimum atomic E-state index is -0.269. The van der Waals surface area contributed by atoms with E-state index in [-0.39, 0.29) is 12.2 Å². The standard InChI is InChI=1S/C11H17N3O3/c1-8(2)7-17-10-5-12-13-14(10)6-9-3-4-16-11(9)15/h6,8,10H,3-5,7H2,1-2H3/b9-6-. The van der Waals surface area contributed by atoms with Gasteiger partial charge in [0, 0.05) is 12.6 Å². The maximum Gasteiger partial charge on any atom is 0.335 e. The van der Waals surface area contributed by atoms with Gasteiger partial charge in [0.15, 0.2) is 6.23 Å². The Bertz CT molecular complexity index is 352. The van der Waals surface area contributed by atoms with Gasteiger partial charge in [-0.25, -0.2) is 9.80 Å². The zero-order valence-corrected chi connectivity index (χ0v) is 10.1.